The highest BCUT2D eigenvalue weighted by molar-refractivity contribution is 5.40. The number of rotatable bonds is 3. The molecule has 4 heteroatoms. The number of aromatic nitrogens is 2. The number of hydrogen-bond acceptors (Lipinski definition) is 3. The van der Waals surface area contributed by atoms with E-state index in [1.807, 2.05) is 13.1 Å². The van der Waals surface area contributed by atoms with E-state index in [0.717, 1.165) is 18.4 Å². The second-order valence-electron chi connectivity index (χ2n) is 5.01. The third-order valence-corrected chi connectivity index (χ3v) is 3.87. The lowest BCUT2D eigenvalue weighted by atomic mass is 10.0. The Kier molecular flexibility index (Phi) is 3.03. The quantitative estimate of drug-likeness (QED) is 0.916. The number of nitrogens with zero attached hydrogens (tertiary/aromatic N) is 2. The third-order valence-electron chi connectivity index (χ3n) is 3.87. The lowest BCUT2D eigenvalue weighted by Gasteiger charge is -2.14. The van der Waals surface area contributed by atoms with Crippen LogP contribution in [0.25, 0.3) is 0 Å². The van der Waals surface area contributed by atoms with E-state index < -0.39 is 6.10 Å². The first kappa shape index (κ1) is 12.2. The Balaban J connectivity index is 1.99. The van der Waals surface area contributed by atoms with Crippen molar-refractivity contribution in [2.75, 3.05) is 7.11 Å². The second-order valence-corrected chi connectivity index (χ2v) is 5.01. The Hall–Kier alpha value is -1.81. The highest BCUT2D eigenvalue weighted by Crippen LogP contribution is 2.32. The van der Waals surface area contributed by atoms with E-state index in [9.17, 15) is 5.11 Å². The van der Waals surface area contributed by atoms with E-state index in [4.69, 9.17) is 4.74 Å². The summed E-state index contributed by atoms with van der Waals surface area (Å²) in [6, 6.07) is 6.24. The summed E-state index contributed by atoms with van der Waals surface area (Å²) >= 11 is 0. The van der Waals surface area contributed by atoms with Crippen molar-refractivity contribution in [1.29, 1.82) is 0 Å². The molecule has 3 rings (SSSR count). The van der Waals surface area contributed by atoms with Gasteiger partial charge in [0.1, 0.15) is 11.8 Å². The van der Waals surface area contributed by atoms with E-state index in [-0.39, 0.29) is 0 Å². The fourth-order valence-electron chi connectivity index (χ4n) is 2.82. The molecule has 4 nitrogen and oxygen atoms in total. The number of aryl methyl sites for hydroxylation is 3. The Morgan fingerprint density at radius 2 is 2.11 bits per heavy atom. The molecule has 0 saturated heterocycles. The summed E-state index contributed by atoms with van der Waals surface area (Å²) in [5.41, 5.74) is 4.37. The van der Waals surface area contributed by atoms with Gasteiger partial charge in [0.2, 0.25) is 0 Å². The summed E-state index contributed by atoms with van der Waals surface area (Å²) in [6.45, 7) is 0. The molecule has 1 aliphatic carbocycles. The third kappa shape index (κ3) is 2.02. The van der Waals surface area contributed by atoms with Gasteiger partial charge in [0, 0.05) is 7.05 Å². The summed E-state index contributed by atoms with van der Waals surface area (Å²) in [5, 5.41) is 14.7. The summed E-state index contributed by atoms with van der Waals surface area (Å²) in [5.74, 6) is 0.621. The molecule has 0 bridgehead atoms. The first-order valence-electron chi connectivity index (χ1n) is 6.56. The highest BCUT2D eigenvalue weighted by Gasteiger charge is 2.21. The molecule has 19 heavy (non-hydrogen) atoms. The fourth-order valence-corrected chi connectivity index (χ4v) is 2.82. The van der Waals surface area contributed by atoms with Crippen LogP contribution in [0, 0.1) is 0 Å². The van der Waals surface area contributed by atoms with E-state index >= 15 is 0 Å². The van der Waals surface area contributed by atoms with Gasteiger partial charge in [-0.2, -0.15) is 5.10 Å². The molecule has 0 spiro atoms. The van der Waals surface area contributed by atoms with Crippen LogP contribution in [0.2, 0.25) is 0 Å². The van der Waals surface area contributed by atoms with E-state index in [1.54, 1.807) is 18.0 Å². The number of hydrogen-bond donors (Lipinski definition) is 1. The lowest BCUT2D eigenvalue weighted by Crippen LogP contribution is -2.08. The van der Waals surface area contributed by atoms with Crippen molar-refractivity contribution in [1.82, 2.24) is 9.78 Å². The lowest BCUT2D eigenvalue weighted by molar-refractivity contribution is 0.204. The molecule has 100 valence electrons. The number of benzene rings is 1. The van der Waals surface area contributed by atoms with Crippen molar-refractivity contribution in [3.63, 3.8) is 0 Å². The maximum atomic E-state index is 10.6. The van der Waals surface area contributed by atoms with Crippen molar-refractivity contribution in [3.05, 3.63) is 46.8 Å². The molecule has 0 fully saturated rings. The zero-order valence-corrected chi connectivity index (χ0v) is 11.3. The minimum absolute atomic E-state index is 0.621. The highest BCUT2D eigenvalue weighted by atomic mass is 16.5. The monoisotopic (exact) mass is 258 g/mol. The van der Waals surface area contributed by atoms with Gasteiger partial charge in [0.15, 0.2) is 5.75 Å². The average Bonchev–Trinajstić information content (AvgIpc) is 3.02. The topological polar surface area (TPSA) is 47.3 Å². The Morgan fingerprint density at radius 1 is 1.32 bits per heavy atom. The maximum Gasteiger partial charge on any atom is 0.162 e. The second kappa shape index (κ2) is 4.70. The molecular weight excluding hydrogens is 240 g/mol. The fraction of sp³-hybridized carbons (Fsp3) is 0.400. The van der Waals surface area contributed by atoms with Gasteiger partial charge in [-0.15, -0.1) is 0 Å². The molecule has 1 heterocycles. The van der Waals surface area contributed by atoms with Gasteiger partial charge < -0.3 is 9.84 Å². The number of ether oxygens (including phenoxy) is 1. The molecule has 0 aliphatic heterocycles. The zero-order chi connectivity index (χ0) is 13.4. The predicted octanol–water partition coefficient (Wildman–Crippen LogP) is 2.00. The Morgan fingerprint density at radius 3 is 2.89 bits per heavy atom. The normalized spacial score (nSPS) is 15.3. The van der Waals surface area contributed by atoms with Gasteiger partial charge in [0.05, 0.1) is 13.3 Å². The summed E-state index contributed by atoms with van der Waals surface area (Å²) in [6.07, 6.45) is 4.41. The van der Waals surface area contributed by atoms with Crippen molar-refractivity contribution >= 4 is 0 Å². The van der Waals surface area contributed by atoms with Crippen molar-refractivity contribution < 1.29 is 9.84 Å². The SMILES string of the molecule is COc1cnn(C)c1C(O)c1ccc2c(c1)CCC2. The maximum absolute atomic E-state index is 10.6. The number of methoxy groups -OCH3 is 1. The molecule has 2 aromatic rings. The summed E-state index contributed by atoms with van der Waals surface area (Å²) in [4.78, 5) is 0. The zero-order valence-electron chi connectivity index (χ0n) is 11.3. The van der Waals surface area contributed by atoms with Gasteiger partial charge >= 0.3 is 0 Å². The van der Waals surface area contributed by atoms with Crippen molar-refractivity contribution in [2.24, 2.45) is 7.05 Å². The first-order valence-corrected chi connectivity index (χ1v) is 6.56. The molecule has 1 aliphatic rings. The van der Waals surface area contributed by atoms with Crippen LogP contribution in [0.5, 0.6) is 5.75 Å². The average molecular weight is 258 g/mol. The van der Waals surface area contributed by atoms with Gasteiger partial charge in [0.25, 0.3) is 0 Å². The molecular formula is C15H18N2O2. The van der Waals surface area contributed by atoms with Crippen LogP contribution in [0.3, 0.4) is 0 Å². The minimum Gasteiger partial charge on any atom is -0.493 e. The largest absolute Gasteiger partial charge is 0.493 e. The molecule has 1 N–H and O–H groups in total. The molecule has 1 aromatic heterocycles. The molecule has 0 radical (unpaired) electrons. The molecule has 0 saturated carbocycles. The summed E-state index contributed by atoms with van der Waals surface area (Å²) < 4.78 is 6.92. The van der Waals surface area contributed by atoms with Crippen LogP contribution >= 0.6 is 0 Å². The van der Waals surface area contributed by atoms with Gasteiger partial charge in [-0.3, -0.25) is 4.68 Å². The van der Waals surface area contributed by atoms with Crippen LogP contribution in [-0.4, -0.2) is 22.0 Å². The smallest absolute Gasteiger partial charge is 0.162 e. The predicted molar refractivity (Wildman–Crippen MR) is 72.3 cm³/mol. The van der Waals surface area contributed by atoms with Crippen molar-refractivity contribution in [3.8, 4) is 5.75 Å². The molecule has 1 atom stereocenters. The van der Waals surface area contributed by atoms with E-state index in [2.05, 4.69) is 17.2 Å². The van der Waals surface area contributed by atoms with Crippen LogP contribution in [0.15, 0.2) is 24.4 Å². The van der Waals surface area contributed by atoms with Crippen molar-refractivity contribution in [2.45, 2.75) is 25.4 Å². The number of aliphatic hydroxyl groups excluding tert-OH is 1. The van der Waals surface area contributed by atoms with Gasteiger partial charge in [-0.1, -0.05) is 18.2 Å². The first-order chi connectivity index (χ1) is 9.20. The Labute approximate surface area is 112 Å². The number of fused-ring (bicyclic) bond motifs is 1. The van der Waals surface area contributed by atoms with Crippen LogP contribution in [0.4, 0.5) is 0 Å². The standard InChI is InChI=1S/C15H18N2O2/c1-17-14(13(19-2)9-16-17)15(18)12-7-6-10-4-3-5-11(10)8-12/h6-9,15,18H,3-5H2,1-2H3. The van der Waals surface area contributed by atoms with Gasteiger partial charge in [-0.05, 0) is 36.0 Å². The molecule has 1 unspecified atom stereocenters. The van der Waals surface area contributed by atoms with Gasteiger partial charge in [-0.25, -0.2) is 0 Å². The summed E-state index contributed by atoms with van der Waals surface area (Å²) in [7, 11) is 3.41. The van der Waals surface area contributed by atoms with Crippen LogP contribution in [0.1, 0.15) is 34.9 Å². The molecule has 0 amide bonds. The van der Waals surface area contributed by atoms with Crippen LogP contribution < -0.4 is 4.74 Å². The van der Waals surface area contributed by atoms with E-state index in [0.29, 0.717) is 11.4 Å². The van der Waals surface area contributed by atoms with E-state index in [1.165, 1.54) is 17.5 Å². The van der Waals surface area contributed by atoms with Crippen LogP contribution in [-0.2, 0) is 19.9 Å². The minimum atomic E-state index is -0.701. The number of aliphatic hydroxyl groups is 1. The molecule has 1 aromatic carbocycles. The Bertz CT molecular complexity index is 604.